The summed E-state index contributed by atoms with van der Waals surface area (Å²) < 4.78 is 69.9. The predicted molar refractivity (Wildman–Crippen MR) is 35.2 cm³/mol. The zero-order valence-electron chi connectivity index (χ0n) is 7.11. The minimum Gasteiger partial charge on any atom is -0.292 e. The van der Waals surface area contributed by atoms with E-state index in [4.69, 9.17) is 5.26 Å². The Morgan fingerprint density at radius 3 is 2.07 bits per heavy atom. The first-order chi connectivity index (χ1) is 6.67. The van der Waals surface area contributed by atoms with Crippen LogP contribution in [0.3, 0.4) is 0 Å². The van der Waals surface area contributed by atoms with Gasteiger partial charge in [0.1, 0.15) is 0 Å². The summed E-state index contributed by atoms with van der Waals surface area (Å²) >= 11 is 0. The molecule has 1 unspecified atom stereocenters. The first kappa shape index (κ1) is 14.0. The highest BCUT2D eigenvalue weighted by Crippen LogP contribution is 2.24. The van der Waals surface area contributed by atoms with E-state index in [2.05, 4.69) is 4.84 Å². The van der Waals surface area contributed by atoms with Crippen molar-refractivity contribution in [2.45, 2.75) is 12.4 Å². The van der Waals surface area contributed by atoms with Gasteiger partial charge in [0.2, 0.25) is 0 Å². The summed E-state index contributed by atoms with van der Waals surface area (Å²) in [5.74, 6) is -2.40. The molecule has 0 aromatic rings. The molecule has 0 aliphatic heterocycles. The zero-order chi connectivity index (χ0) is 12.1. The highest BCUT2D eigenvalue weighted by Gasteiger charge is 2.40. The summed E-state index contributed by atoms with van der Waals surface area (Å²) in [5.41, 5.74) is 1.44. The molecule has 0 amide bonds. The molecule has 1 N–H and O–H groups in total. The number of nitrogens with one attached hydrogen (secondary N) is 1. The molecule has 0 aromatic heterocycles. The topological polar surface area (TPSA) is 45.0 Å². The van der Waals surface area contributed by atoms with E-state index in [0.29, 0.717) is 0 Å². The van der Waals surface area contributed by atoms with Gasteiger partial charge in [0, 0.05) is 6.54 Å². The second-order valence-electron chi connectivity index (χ2n) is 2.48. The van der Waals surface area contributed by atoms with Crippen LogP contribution in [0.15, 0.2) is 0 Å². The van der Waals surface area contributed by atoms with Crippen molar-refractivity contribution in [3.05, 3.63) is 0 Å². The first-order valence-electron chi connectivity index (χ1n) is 3.54. The van der Waals surface area contributed by atoms with Crippen molar-refractivity contribution in [2.24, 2.45) is 5.92 Å². The standard InChI is InChI=1S/C6H6F6N2O/c7-5(8,9)3-15-14-2-4(1-13)6(10,11)12/h4,14H,2-3H2. The van der Waals surface area contributed by atoms with Gasteiger partial charge in [-0.2, -0.15) is 31.6 Å². The van der Waals surface area contributed by atoms with Gasteiger partial charge in [-0.1, -0.05) is 0 Å². The van der Waals surface area contributed by atoms with Gasteiger partial charge in [0.25, 0.3) is 0 Å². The minimum absolute atomic E-state index is 0.891. The molecule has 0 aliphatic rings. The largest absolute Gasteiger partial charge is 0.413 e. The van der Waals surface area contributed by atoms with Gasteiger partial charge in [-0.15, -0.1) is 0 Å². The molecular weight excluding hydrogens is 230 g/mol. The molecule has 1 atom stereocenters. The molecule has 3 nitrogen and oxygen atoms in total. The summed E-state index contributed by atoms with van der Waals surface area (Å²) in [6, 6.07) is 0.891. The van der Waals surface area contributed by atoms with E-state index in [0.717, 1.165) is 6.07 Å². The van der Waals surface area contributed by atoms with Gasteiger partial charge < -0.3 is 0 Å². The maximum atomic E-state index is 11.8. The monoisotopic (exact) mass is 236 g/mol. The number of nitriles is 1. The van der Waals surface area contributed by atoms with Crippen molar-refractivity contribution < 1.29 is 31.2 Å². The summed E-state index contributed by atoms with van der Waals surface area (Å²) in [7, 11) is 0. The maximum absolute atomic E-state index is 11.8. The molecule has 0 saturated carbocycles. The Bertz CT molecular complexity index is 229. The van der Waals surface area contributed by atoms with Crippen molar-refractivity contribution in [3.63, 3.8) is 0 Å². The van der Waals surface area contributed by atoms with E-state index in [9.17, 15) is 26.3 Å². The molecule has 0 heterocycles. The van der Waals surface area contributed by atoms with Crippen LogP contribution in [0.4, 0.5) is 26.3 Å². The summed E-state index contributed by atoms with van der Waals surface area (Å²) in [5, 5.41) is 8.03. The van der Waals surface area contributed by atoms with Gasteiger partial charge >= 0.3 is 12.4 Å². The Labute approximate surface area is 80.6 Å². The van der Waals surface area contributed by atoms with Crippen LogP contribution in [-0.2, 0) is 4.84 Å². The van der Waals surface area contributed by atoms with Gasteiger partial charge in [-0.3, -0.25) is 4.84 Å². The van der Waals surface area contributed by atoms with Crippen molar-refractivity contribution in [3.8, 4) is 6.07 Å². The Kier molecular flexibility index (Phi) is 4.83. The zero-order valence-corrected chi connectivity index (χ0v) is 7.11. The van der Waals surface area contributed by atoms with Crippen LogP contribution in [0.5, 0.6) is 0 Å². The molecule has 0 fully saturated rings. The predicted octanol–water partition coefficient (Wildman–Crippen LogP) is 1.77. The molecule has 0 spiro atoms. The molecule has 88 valence electrons. The normalized spacial score (nSPS) is 14.7. The van der Waals surface area contributed by atoms with E-state index in [-0.39, 0.29) is 0 Å². The summed E-state index contributed by atoms with van der Waals surface area (Å²) in [4.78, 5) is 3.70. The van der Waals surface area contributed by atoms with Gasteiger partial charge in [0.05, 0.1) is 6.07 Å². The third-order valence-electron chi connectivity index (χ3n) is 1.18. The van der Waals surface area contributed by atoms with Crippen LogP contribution in [0.1, 0.15) is 0 Å². The fraction of sp³-hybridized carbons (Fsp3) is 0.833. The fourth-order valence-electron chi connectivity index (χ4n) is 0.510. The number of halogens is 6. The molecule has 0 radical (unpaired) electrons. The lowest BCUT2D eigenvalue weighted by Crippen LogP contribution is -2.34. The Hall–Kier alpha value is -1.01. The van der Waals surface area contributed by atoms with Crippen molar-refractivity contribution in [1.82, 2.24) is 5.48 Å². The molecular formula is C6H6F6N2O. The lowest BCUT2D eigenvalue weighted by molar-refractivity contribution is -0.197. The highest BCUT2D eigenvalue weighted by atomic mass is 19.4. The van der Waals surface area contributed by atoms with E-state index >= 15 is 0 Å². The maximum Gasteiger partial charge on any atom is 0.413 e. The van der Waals surface area contributed by atoms with Gasteiger partial charge in [-0.25, -0.2) is 5.48 Å². The average molecular weight is 236 g/mol. The number of hydroxylamine groups is 1. The number of alkyl halides is 6. The summed E-state index contributed by atoms with van der Waals surface area (Å²) in [6.45, 7) is -2.76. The minimum atomic E-state index is -4.79. The van der Waals surface area contributed by atoms with E-state index in [1.54, 1.807) is 0 Å². The fourth-order valence-corrected chi connectivity index (χ4v) is 0.510. The molecule has 15 heavy (non-hydrogen) atoms. The lowest BCUT2D eigenvalue weighted by Gasteiger charge is -2.14. The number of rotatable bonds is 4. The Morgan fingerprint density at radius 1 is 1.20 bits per heavy atom. The van der Waals surface area contributed by atoms with Crippen LogP contribution < -0.4 is 5.48 Å². The van der Waals surface area contributed by atoms with Crippen molar-refractivity contribution in [1.29, 1.82) is 5.26 Å². The quantitative estimate of drug-likeness (QED) is 0.459. The number of hydrogen-bond donors (Lipinski definition) is 1. The number of hydrogen-bond acceptors (Lipinski definition) is 3. The third kappa shape index (κ3) is 6.98. The van der Waals surface area contributed by atoms with Gasteiger partial charge in [0.15, 0.2) is 12.5 Å². The van der Waals surface area contributed by atoms with Crippen LogP contribution in [0.25, 0.3) is 0 Å². The average Bonchev–Trinajstić information content (AvgIpc) is 1.99. The van der Waals surface area contributed by atoms with E-state index < -0.39 is 31.4 Å². The van der Waals surface area contributed by atoms with Crippen LogP contribution in [-0.4, -0.2) is 25.5 Å². The van der Waals surface area contributed by atoms with E-state index in [1.165, 1.54) is 5.48 Å². The van der Waals surface area contributed by atoms with Crippen LogP contribution in [0, 0.1) is 17.2 Å². The first-order valence-corrected chi connectivity index (χ1v) is 3.54. The number of nitrogens with zero attached hydrogens (tertiary/aromatic N) is 1. The van der Waals surface area contributed by atoms with Gasteiger partial charge in [-0.05, 0) is 0 Å². The van der Waals surface area contributed by atoms with Crippen LogP contribution in [0.2, 0.25) is 0 Å². The second kappa shape index (κ2) is 5.18. The molecule has 0 aromatic carbocycles. The lowest BCUT2D eigenvalue weighted by atomic mass is 10.2. The molecule has 0 rings (SSSR count). The third-order valence-corrected chi connectivity index (χ3v) is 1.18. The van der Waals surface area contributed by atoms with Crippen molar-refractivity contribution in [2.75, 3.05) is 13.2 Å². The summed E-state index contributed by atoms with van der Waals surface area (Å²) in [6.07, 6.45) is -9.42. The molecule has 0 saturated heterocycles. The smallest absolute Gasteiger partial charge is 0.292 e. The molecule has 0 aliphatic carbocycles. The highest BCUT2D eigenvalue weighted by molar-refractivity contribution is 4.89. The Morgan fingerprint density at radius 2 is 1.73 bits per heavy atom. The second-order valence-corrected chi connectivity index (χ2v) is 2.48. The molecule has 9 heteroatoms. The van der Waals surface area contributed by atoms with E-state index in [1.807, 2.05) is 0 Å². The van der Waals surface area contributed by atoms with Crippen LogP contribution >= 0.6 is 0 Å². The Balaban J connectivity index is 3.81. The van der Waals surface area contributed by atoms with Crippen molar-refractivity contribution >= 4 is 0 Å². The SMILES string of the molecule is N#CC(CNOCC(F)(F)F)C(F)(F)F. The molecule has 0 bridgehead atoms.